The highest BCUT2D eigenvalue weighted by Gasteiger charge is 2.44. The van der Waals surface area contributed by atoms with Gasteiger partial charge in [0.15, 0.2) is 0 Å². The molecule has 1 amide bonds. The number of carbonyl (C=O) groups excluding carboxylic acids is 1. The van der Waals surface area contributed by atoms with Gasteiger partial charge in [-0.2, -0.15) is 13.2 Å². The summed E-state index contributed by atoms with van der Waals surface area (Å²) in [4.78, 5) is 36.0. The van der Waals surface area contributed by atoms with Gasteiger partial charge in [0.2, 0.25) is 5.95 Å². The first-order chi connectivity index (χ1) is 17.5. The van der Waals surface area contributed by atoms with Crippen molar-refractivity contribution in [3.05, 3.63) is 47.5 Å². The van der Waals surface area contributed by atoms with E-state index in [-0.39, 0.29) is 11.4 Å². The van der Waals surface area contributed by atoms with E-state index >= 15 is 0 Å². The number of alkyl halides is 3. The second-order valence-corrected chi connectivity index (χ2v) is 9.36. The normalized spacial score (nSPS) is 20.0. The monoisotopic (exact) mass is 519 g/mol. The van der Waals surface area contributed by atoms with E-state index in [4.69, 9.17) is 24.4 Å². The number of para-hydroxylation sites is 1. The Morgan fingerprint density at radius 1 is 1.05 bits per heavy atom. The van der Waals surface area contributed by atoms with Crippen LogP contribution in [0.15, 0.2) is 35.0 Å². The summed E-state index contributed by atoms with van der Waals surface area (Å²) in [5.41, 5.74) is 2.29. The Bertz CT molecular complexity index is 1280. The summed E-state index contributed by atoms with van der Waals surface area (Å²) in [6, 6.07) is 8.12. The topological polar surface area (TPSA) is 113 Å². The molecule has 1 spiro atoms. The number of aliphatic carboxylic acids is 1. The molecule has 4 heterocycles. The second kappa shape index (κ2) is 10.3. The molecule has 0 radical (unpaired) electrons. The highest BCUT2D eigenvalue weighted by molar-refractivity contribution is 5.96. The molecule has 1 atom stereocenters. The summed E-state index contributed by atoms with van der Waals surface area (Å²) in [6.07, 6.45) is 2.05. The van der Waals surface area contributed by atoms with E-state index in [0.29, 0.717) is 17.0 Å². The number of carboxylic acid groups (broad SMARTS) is 1. The molecule has 0 aliphatic carbocycles. The Kier molecular flexibility index (Phi) is 7.37. The number of halogens is 3. The molecule has 1 aromatic carbocycles. The lowest BCUT2D eigenvalue weighted by Gasteiger charge is -2.38. The number of anilines is 1. The van der Waals surface area contributed by atoms with Crippen LogP contribution in [0.25, 0.3) is 10.9 Å². The number of benzene rings is 1. The van der Waals surface area contributed by atoms with Crippen LogP contribution in [-0.4, -0.2) is 68.4 Å². The number of aryl methyl sites for hydroxylation is 2. The molecule has 9 nitrogen and oxygen atoms in total. The van der Waals surface area contributed by atoms with Crippen molar-refractivity contribution in [2.24, 2.45) is 0 Å². The fraction of sp³-hybridized carbons (Fsp3) is 0.480. The molecule has 2 aromatic heterocycles. The zero-order valence-corrected chi connectivity index (χ0v) is 20.6. The van der Waals surface area contributed by atoms with E-state index in [2.05, 4.69) is 10.1 Å². The minimum atomic E-state index is -5.08. The highest BCUT2D eigenvalue weighted by atomic mass is 19.4. The Morgan fingerprint density at radius 3 is 2.38 bits per heavy atom. The quantitative estimate of drug-likeness (QED) is 0.526. The van der Waals surface area contributed by atoms with Crippen molar-refractivity contribution < 1.29 is 32.4 Å². The maximum atomic E-state index is 13.1. The van der Waals surface area contributed by atoms with Crippen molar-refractivity contribution >= 4 is 28.7 Å². The SMILES string of the molecule is Cc1noc(C)c1C(=O)N1CCCC2(CCCN2c2ncc3ccccc3n2)CC1.O=C(O)C(F)(F)F. The van der Waals surface area contributed by atoms with Crippen LogP contribution in [0, 0.1) is 13.8 Å². The van der Waals surface area contributed by atoms with Gasteiger partial charge in [0.1, 0.15) is 11.3 Å². The van der Waals surface area contributed by atoms with Crippen LogP contribution < -0.4 is 4.90 Å². The molecule has 3 aromatic rings. The van der Waals surface area contributed by atoms with Gasteiger partial charge in [-0.15, -0.1) is 0 Å². The first-order valence-electron chi connectivity index (χ1n) is 12.0. The van der Waals surface area contributed by atoms with Gasteiger partial charge in [-0.3, -0.25) is 4.79 Å². The average Bonchev–Trinajstić information content (AvgIpc) is 3.34. The molecule has 0 bridgehead atoms. The minimum absolute atomic E-state index is 0.0240. The molecular formula is C25H28F3N5O4. The number of amides is 1. The molecule has 2 aliphatic heterocycles. The molecular weight excluding hydrogens is 491 g/mol. The van der Waals surface area contributed by atoms with E-state index in [1.165, 1.54) is 0 Å². The van der Waals surface area contributed by atoms with E-state index < -0.39 is 12.1 Å². The smallest absolute Gasteiger partial charge is 0.475 e. The van der Waals surface area contributed by atoms with Crippen molar-refractivity contribution in [1.82, 2.24) is 20.0 Å². The molecule has 12 heteroatoms. The predicted molar refractivity (Wildman–Crippen MR) is 128 cm³/mol. The molecule has 2 aliphatic rings. The number of hydrogen-bond acceptors (Lipinski definition) is 7. The molecule has 2 saturated heterocycles. The predicted octanol–water partition coefficient (Wildman–Crippen LogP) is 4.53. The lowest BCUT2D eigenvalue weighted by Crippen LogP contribution is -2.46. The Morgan fingerprint density at radius 2 is 1.73 bits per heavy atom. The van der Waals surface area contributed by atoms with Gasteiger partial charge < -0.3 is 19.4 Å². The van der Waals surface area contributed by atoms with Crippen molar-refractivity contribution in [1.29, 1.82) is 0 Å². The summed E-state index contributed by atoms with van der Waals surface area (Å²) in [7, 11) is 0. The zero-order valence-electron chi connectivity index (χ0n) is 20.6. The summed E-state index contributed by atoms with van der Waals surface area (Å²) in [5, 5.41) is 12.1. The van der Waals surface area contributed by atoms with Crippen LogP contribution in [-0.2, 0) is 4.79 Å². The molecule has 1 N–H and O–H groups in total. The molecule has 0 saturated carbocycles. The largest absolute Gasteiger partial charge is 0.490 e. The van der Waals surface area contributed by atoms with Gasteiger partial charge >= 0.3 is 12.1 Å². The van der Waals surface area contributed by atoms with E-state index in [9.17, 15) is 18.0 Å². The Labute approximate surface area is 211 Å². The van der Waals surface area contributed by atoms with Crippen molar-refractivity contribution in [3.63, 3.8) is 0 Å². The first kappa shape index (κ1) is 26.4. The molecule has 1 unspecified atom stereocenters. The number of carbonyl (C=O) groups is 2. The van der Waals surface area contributed by atoms with Gasteiger partial charge in [-0.25, -0.2) is 14.8 Å². The van der Waals surface area contributed by atoms with Crippen LogP contribution >= 0.6 is 0 Å². The number of aromatic nitrogens is 3. The van der Waals surface area contributed by atoms with E-state index in [0.717, 1.165) is 68.6 Å². The third-order valence-corrected chi connectivity index (χ3v) is 7.01. The van der Waals surface area contributed by atoms with Crippen LogP contribution in [0.4, 0.5) is 19.1 Å². The van der Waals surface area contributed by atoms with Crippen LogP contribution in [0.3, 0.4) is 0 Å². The fourth-order valence-electron chi connectivity index (χ4n) is 5.19. The number of carboxylic acids is 1. The van der Waals surface area contributed by atoms with E-state index in [1.54, 1.807) is 0 Å². The van der Waals surface area contributed by atoms with Crippen molar-refractivity contribution in [2.45, 2.75) is 57.7 Å². The van der Waals surface area contributed by atoms with Gasteiger partial charge in [-0.1, -0.05) is 23.4 Å². The van der Waals surface area contributed by atoms with Crippen molar-refractivity contribution in [3.8, 4) is 0 Å². The van der Waals surface area contributed by atoms with Gasteiger partial charge in [0.25, 0.3) is 5.91 Å². The van der Waals surface area contributed by atoms with Crippen LogP contribution in [0.1, 0.15) is 53.9 Å². The first-order valence-corrected chi connectivity index (χ1v) is 12.0. The number of likely N-dealkylation sites (tertiary alicyclic amines) is 1. The summed E-state index contributed by atoms with van der Waals surface area (Å²) in [6.45, 7) is 6.10. The molecule has 5 rings (SSSR count). The Hall–Kier alpha value is -3.70. The fourth-order valence-corrected chi connectivity index (χ4v) is 5.19. The van der Waals surface area contributed by atoms with E-state index in [1.807, 2.05) is 49.2 Å². The minimum Gasteiger partial charge on any atom is -0.475 e. The number of fused-ring (bicyclic) bond motifs is 1. The van der Waals surface area contributed by atoms with Gasteiger partial charge in [-0.05, 0) is 52.0 Å². The maximum Gasteiger partial charge on any atom is 0.490 e. The zero-order chi connectivity index (χ0) is 26.8. The standard InChI is InChI=1S/C23H27N5O2.C2HF3O2/c1-16-20(17(2)30-26-16)21(29)27-12-5-9-23(11-14-27)10-6-13-28(23)22-24-15-18-7-3-4-8-19(18)25-22;3-2(4,5)1(6)7/h3-4,7-8,15H,5-6,9-14H2,1-2H3;(H,6,7). The molecule has 198 valence electrons. The van der Waals surface area contributed by atoms with Crippen LogP contribution in [0.5, 0.6) is 0 Å². The third kappa shape index (κ3) is 5.52. The van der Waals surface area contributed by atoms with Gasteiger partial charge in [0.05, 0.1) is 11.2 Å². The molecule has 2 fully saturated rings. The number of nitrogens with zero attached hydrogens (tertiary/aromatic N) is 5. The van der Waals surface area contributed by atoms with Crippen LogP contribution in [0.2, 0.25) is 0 Å². The van der Waals surface area contributed by atoms with Crippen molar-refractivity contribution in [2.75, 3.05) is 24.5 Å². The highest BCUT2D eigenvalue weighted by Crippen LogP contribution is 2.40. The maximum absolute atomic E-state index is 13.1. The summed E-state index contributed by atoms with van der Waals surface area (Å²) < 4.78 is 37.0. The Balaban J connectivity index is 0.000000405. The van der Waals surface area contributed by atoms with Gasteiger partial charge in [0, 0.05) is 36.8 Å². The number of hydrogen-bond donors (Lipinski definition) is 1. The number of rotatable bonds is 2. The lowest BCUT2D eigenvalue weighted by atomic mass is 9.88. The summed E-state index contributed by atoms with van der Waals surface area (Å²) in [5.74, 6) is -1.30. The average molecular weight is 520 g/mol. The third-order valence-electron chi connectivity index (χ3n) is 7.01. The second-order valence-electron chi connectivity index (χ2n) is 9.36. The lowest BCUT2D eigenvalue weighted by molar-refractivity contribution is -0.192. The summed E-state index contributed by atoms with van der Waals surface area (Å²) >= 11 is 0. The molecule has 37 heavy (non-hydrogen) atoms.